The normalized spacial score (nSPS) is 22.4. The topological polar surface area (TPSA) is 52.6 Å². The third-order valence-electron chi connectivity index (χ3n) is 4.68. The van der Waals surface area contributed by atoms with E-state index in [2.05, 4.69) is 24.1 Å². The minimum Gasteiger partial charge on any atom is -0.480 e. The largest absolute Gasteiger partial charge is 0.480 e. The SMILES string of the molecule is CNC(CN1CCCC1C(C)C)(C(=O)O)c1ccccc1. The number of hydrogen-bond acceptors (Lipinski definition) is 3. The van der Waals surface area contributed by atoms with Crippen molar-refractivity contribution in [2.75, 3.05) is 20.1 Å². The van der Waals surface area contributed by atoms with Crippen molar-refractivity contribution in [1.82, 2.24) is 10.2 Å². The van der Waals surface area contributed by atoms with Gasteiger partial charge >= 0.3 is 5.97 Å². The molecule has 0 aromatic heterocycles. The van der Waals surface area contributed by atoms with Gasteiger partial charge in [0.2, 0.25) is 0 Å². The Kier molecular flexibility index (Phi) is 5.01. The Bertz CT molecular complexity index is 475. The van der Waals surface area contributed by atoms with Crippen molar-refractivity contribution < 1.29 is 9.90 Å². The van der Waals surface area contributed by atoms with Crippen LogP contribution in [0.3, 0.4) is 0 Å². The zero-order chi connectivity index (χ0) is 15.5. The molecule has 0 amide bonds. The molecule has 4 nitrogen and oxygen atoms in total. The standard InChI is InChI=1S/C17H26N2O2/c1-13(2)15-10-7-11-19(15)12-17(18-3,16(20)21)14-8-5-4-6-9-14/h4-6,8-9,13,15,18H,7,10-12H2,1-3H3,(H,20,21). The van der Waals surface area contributed by atoms with E-state index in [1.165, 1.54) is 0 Å². The Balaban J connectivity index is 2.31. The first-order chi connectivity index (χ1) is 10.0. The van der Waals surface area contributed by atoms with Crippen molar-refractivity contribution in [2.45, 2.75) is 38.3 Å². The van der Waals surface area contributed by atoms with E-state index >= 15 is 0 Å². The van der Waals surface area contributed by atoms with Crippen molar-refractivity contribution in [3.63, 3.8) is 0 Å². The molecule has 1 aliphatic rings. The number of hydrogen-bond donors (Lipinski definition) is 2. The maximum absolute atomic E-state index is 12.0. The van der Waals surface area contributed by atoms with Crippen LogP contribution >= 0.6 is 0 Å². The summed E-state index contributed by atoms with van der Waals surface area (Å²) >= 11 is 0. The smallest absolute Gasteiger partial charge is 0.329 e. The molecule has 2 N–H and O–H groups in total. The van der Waals surface area contributed by atoms with Crippen LogP contribution in [0.4, 0.5) is 0 Å². The van der Waals surface area contributed by atoms with Gasteiger partial charge in [0.25, 0.3) is 0 Å². The van der Waals surface area contributed by atoms with Crippen LogP contribution in [-0.2, 0) is 10.3 Å². The van der Waals surface area contributed by atoms with Gasteiger partial charge in [0.1, 0.15) is 0 Å². The lowest BCUT2D eigenvalue weighted by molar-refractivity contribution is -0.146. The summed E-state index contributed by atoms with van der Waals surface area (Å²) in [5.74, 6) is -0.266. The molecule has 4 heteroatoms. The molecule has 21 heavy (non-hydrogen) atoms. The van der Waals surface area contributed by atoms with E-state index in [-0.39, 0.29) is 0 Å². The number of benzene rings is 1. The summed E-state index contributed by atoms with van der Waals surface area (Å²) in [6.07, 6.45) is 2.31. The average Bonchev–Trinajstić information content (AvgIpc) is 2.93. The molecule has 0 bridgehead atoms. The first-order valence-electron chi connectivity index (χ1n) is 7.73. The molecule has 1 aromatic carbocycles. The molecule has 2 unspecified atom stereocenters. The summed E-state index contributed by atoms with van der Waals surface area (Å²) in [4.78, 5) is 14.4. The fourth-order valence-corrected chi connectivity index (χ4v) is 3.44. The minimum atomic E-state index is -1.04. The Hall–Kier alpha value is -1.39. The molecule has 1 heterocycles. The summed E-state index contributed by atoms with van der Waals surface area (Å²) in [6, 6.07) is 9.97. The highest BCUT2D eigenvalue weighted by atomic mass is 16.4. The van der Waals surface area contributed by atoms with E-state index in [9.17, 15) is 9.90 Å². The summed E-state index contributed by atoms with van der Waals surface area (Å²) in [5.41, 5.74) is -0.229. The van der Waals surface area contributed by atoms with Gasteiger partial charge in [0, 0.05) is 12.6 Å². The van der Waals surface area contributed by atoms with Crippen LogP contribution in [0.1, 0.15) is 32.3 Å². The maximum Gasteiger partial charge on any atom is 0.329 e. The highest BCUT2D eigenvalue weighted by molar-refractivity contribution is 5.81. The second kappa shape index (κ2) is 6.58. The molecule has 2 atom stereocenters. The molecule has 1 aliphatic heterocycles. The van der Waals surface area contributed by atoms with E-state index in [0.29, 0.717) is 18.5 Å². The number of carboxylic acid groups (broad SMARTS) is 1. The first-order valence-corrected chi connectivity index (χ1v) is 7.73. The lowest BCUT2D eigenvalue weighted by atomic mass is 9.88. The van der Waals surface area contributed by atoms with E-state index in [4.69, 9.17) is 0 Å². The van der Waals surface area contributed by atoms with Gasteiger partial charge in [0.15, 0.2) is 5.54 Å². The van der Waals surface area contributed by atoms with Gasteiger partial charge in [-0.25, -0.2) is 4.79 Å². The Morgan fingerprint density at radius 3 is 2.62 bits per heavy atom. The molecule has 0 aliphatic carbocycles. The Morgan fingerprint density at radius 2 is 2.10 bits per heavy atom. The fraction of sp³-hybridized carbons (Fsp3) is 0.588. The van der Waals surface area contributed by atoms with Gasteiger partial charge in [-0.3, -0.25) is 4.90 Å². The minimum absolute atomic E-state index is 0.473. The molecule has 0 saturated carbocycles. The number of nitrogens with one attached hydrogen (secondary N) is 1. The van der Waals surface area contributed by atoms with Crippen LogP contribution in [0.2, 0.25) is 0 Å². The van der Waals surface area contributed by atoms with Gasteiger partial charge < -0.3 is 10.4 Å². The molecule has 1 fully saturated rings. The number of carbonyl (C=O) groups is 1. The average molecular weight is 290 g/mol. The van der Waals surface area contributed by atoms with E-state index < -0.39 is 11.5 Å². The number of rotatable bonds is 6. The predicted molar refractivity (Wildman–Crippen MR) is 84.2 cm³/mol. The summed E-state index contributed by atoms with van der Waals surface area (Å²) in [7, 11) is 1.74. The molecule has 116 valence electrons. The molecule has 2 rings (SSSR count). The van der Waals surface area contributed by atoms with Crippen molar-refractivity contribution in [3.05, 3.63) is 35.9 Å². The Labute approximate surface area is 127 Å². The van der Waals surface area contributed by atoms with Gasteiger partial charge in [-0.1, -0.05) is 44.2 Å². The third-order valence-corrected chi connectivity index (χ3v) is 4.68. The van der Waals surface area contributed by atoms with Crippen molar-refractivity contribution in [1.29, 1.82) is 0 Å². The number of carboxylic acids is 1. The van der Waals surface area contributed by atoms with Crippen molar-refractivity contribution in [2.24, 2.45) is 5.92 Å². The van der Waals surface area contributed by atoms with Crippen molar-refractivity contribution >= 4 is 5.97 Å². The number of nitrogens with zero attached hydrogens (tertiary/aromatic N) is 1. The van der Waals surface area contributed by atoms with E-state index in [1.54, 1.807) is 7.05 Å². The number of likely N-dealkylation sites (N-methyl/N-ethyl adjacent to an activating group) is 1. The quantitative estimate of drug-likeness (QED) is 0.844. The lowest BCUT2D eigenvalue weighted by Gasteiger charge is -2.37. The number of aliphatic carboxylic acids is 1. The Morgan fingerprint density at radius 1 is 1.43 bits per heavy atom. The van der Waals surface area contributed by atoms with Gasteiger partial charge in [0.05, 0.1) is 0 Å². The highest BCUT2D eigenvalue weighted by Crippen LogP contribution is 2.29. The molecular weight excluding hydrogens is 264 g/mol. The number of likely N-dealkylation sites (tertiary alicyclic amines) is 1. The lowest BCUT2D eigenvalue weighted by Crippen LogP contribution is -2.56. The first kappa shape index (κ1) is 16.0. The highest BCUT2D eigenvalue weighted by Gasteiger charge is 2.43. The predicted octanol–water partition coefficient (Wildman–Crippen LogP) is 2.31. The van der Waals surface area contributed by atoms with Crippen LogP contribution in [-0.4, -0.2) is 42.2 Å². The third kappa shape index (κ3) is 3.11. The zero-order valence-corrected chi connectivity index (χ0v) is 13.2. The van der Waals surface area contributed by atoms with E-state index in [0.717, 1.165) is 24.9 Å². The van der Waals surface area contributed by atoms with Gasteiger partial charge in [-0.05, 0) is 37.9 Å². The summed E-state index contributed by atoms with van der Waals surface area (Å²) in [5, 5.41) is 12.9. The molecule has 0 radical (unpaired) electrons. The van der Waals surface area contributed by atoms with Gasteiger partial charge in [-0.2, -0.15) is 0 Å². The molecule has 0 spiro atoms. The maximum atomic E-state index is 12.0. The zero-order valence-electron chi connectivity index (χ0n) is 13.2. The van der Waals surface area contributed by atoms with Crippen LogP contribution in [0.25, 0.3) is 0 Å². The molecule has 1 saturated heterocycles. The molecular formula is C17H26N2O2. The fourth-order valence-electron chi connectivity index (χ4n) is 3.44. The van der Waals surface area contributed by atoms with Gasteiger partial charge in [-0.15, -0.1) is 0 Å². The monoisotopic (exact) mass is 290 g/mol. The van der Waals surface area contributed by atoms with Crippen molar-refractivity contribution in [3.8, 4) is 0 Å². The summed E-state index contributed by atoms with van der Waals surface area (Å²) in [6.45, 7) is 5.92. The van der Waals surface area contributed by atoms with Crippen LogP contribution in [0.15, 0.2) is 30.3 Å². The van der Waals surface area contributed by atoms with Crippen LogP contribution in [0.5, 0.6) is 0 Å². The van der Waals surface area contributed by atoms with Crippen LogP contribution < -0.4 is 5.32 Å². The second-order valence-corrected chi connectivity index (χ2v) is 6.25. The second-order valence-electron chi connectivity index (χ2n) is 6.25. The van der Waals surface area contributed by atoms with Crippen LogP contribution in [0, 0.1) is 5.92 Å². The summed E-state index contributed by atoms with van der Waals surface area (Å²) < 4.78 is 0. The van der Waals surface area contributed by atoms with E-state index in [1.807, 2.05) is 30.3 Å². The molecule has 1 aromatic rings.